The van der Waals surface area contributed by atoms with Crippen molar-refractivity contribution in [2.45, 2.75) is 20.0 Å². The summed E-state index contributed by atoms with van der Waals surface area (Å²) in [6.45, 7) is 3.70. The number of amides is 2. The van der Waals surface area contributed by atoms with Gasteiger partial charge in [0.25, 0.3) is 11.8 Å². The molecule has 5 rings (SSSR count). The van der Waals surface area contributed by atoms with Crippen molar-refractivity contribution in [2.24, 2.45) is 0 Å². The number of nitrogens with zero attached hydrogens (tertiary/aromatic N) is 2. The molecule has 1 aliphatic heterocycles. The molecule has 0 saturated carbocycles. The van der Waals surface area contributed by atoms with Crippen LogP contribution in [-0.2, 0) is 4.79 Å². The lowest BCUT2D eigenvalue weighted by atomic mass is 10.1. The fourth-order valence-electron chi connectivity index (χ4n) is 3.66. The van der Waals surface area contributed by atoms with Gasteiger partial charge in [0.1, 0.15) is 11.4 Å². The second-order valence-corrected chi connectivity index (χ2v) is 7.95. The van der Waals surface area contributed by atoms with Crippen molar-refractivity contribution < 1.29 is 14.3 Å². The van der Waals surface area contributed by atoms with Crippen molar-refractivity contribution in [1.29, 1.82) is 0 Å². The molecule has 33 heavy (non-hydrogen) atoms. The minimum absolute atomic E-state index is 0.225. The van der Waals surface area contributed by atoms with E-state index in [0.29, 0.717) is 28.4 Å². The molecular weight excluding hydrogens is 416 g/mol. The number of hydrogen-bond acceptors (Lipinski definition) is 4. The molecule has 0 aliphatic carbocycles. The van der Waals surface area contributed by atoms with Crippen LogP contribution < -0.4 is 15.4 Å². The van der Waals surface area contributed by atoms with Crippen molar-refractivity contribution in [2.75, 3.05) is 10.6 Å². The molecule has 2 heterocycles. The first-order valence-corrected chi connectivity index (χ1v) is 10.6. The molecule has 1 aliphatic rings. The van der Waals surface area contributed by atoms with E-state index in [2.05, 4.69) is 10.6 Å². The summed E-state index contributed by atoms with van der Waals surface area (Å²) in [5, 5.41) is 10.4. The Labute approximate surface area is 191 Å². The number of benzene rings is 3. The largest absolute Gasteiger partial charge is 0.479 e. The van der Waals surface area contributed by atoms with Gasteiger partial charge in [-0.05, 0) is 44.2 Å². The van der Waals surface area contributed by atoms with Crippen LogP contribution in [-0.4, -0.2) is 27.7 Å². The smallest absolute Gasteiger partial charge is 0.265 e. The van der Waals surface area contributed by atoms with Crippen molar-refractivity contribution >= 4 is 23.2 Å². The Kier molecular flexibility index (Phi) is 5.14. The van der Waals surface area contributed by atoms with E-state index in [9.17, 15) is 9.59 Å². The lowest BCUT2D eigenvalue weighted by Crippen LogP contribution is -2.34. The van der Waals surface area contributed by atoms with Crippen molar-refractivity contribution in [3.05, 3.63) is 90.1 Å². The van der Waals surface area contributed by atoms with Gasteiger partial charge in [-0.25, -0.2) is 4.68 Å². The fourth-order valence-corrected chi connectivity index (χ4v) is 3.66. The lowest BCUT2D eigenvalue weighted by molar-refractivity contribution is -0.122. The van der Waals surface area contributed by atoms with Crippen LogP contribution in [0.4, 0.5) is 11.4 Å². The van der Waals surface area contributed by atoms with E-state index in [1.807, 2.05) is 61.5 Å². The molecule has 0 saturated heterocycles. The molecule has 2 amide bonds. The van der Waals surface area contributed by atoms with Crippen LogP contribution in [0.25, 0.3) is 16.9 Å². The van der Waals surface area contributed by atoms with Gasteiger partial charge >= 0.3 is 0 Å². The van der Waals surface area contributed by atoms with Crippen LogP contribution in [0, 0.1) is 6.92 Å². The Hall–Kier alpha value is -4.39. The van der Waals surface area contributed by atoms with Gasteiger partial charge in [0.15, 0.2) is 6.10 Å². The van der Waals surface area contributed by atoms with E-state index in [1.165, 1.54) is 0 Å². The van der Waals surface area contributed by atoms with Crippen molar-refractivity contribution in [1.82, 2.24) is 9.78 Å². The first-order valence-electron chi connectivity index (χ1n) is 10.6. The summed E-state index contributed by atoms with van der Waals surface area (Å²) < 4.78 is 7.29. The topological polar surface area (TPSA) is 85.3 Å². The molecule has 7 heteroatoms. The highest BCUT2D eigenvalue weighted by molar-refractivity contribution is 6.08. The zero-order valence-electron chi connectivity index (χ0n) is 18.2. The Morgan fingerprint density at radius 1 is 1.06 bits per heavy atom. The van der Waals surface area contributed by atoms with E-state index in [1.54, 1.807) is 36.0 Å². The van der Waals surface area contributed by atoms with Gasteiger partial charge in [-0.1, -0.05) is 48.0 Å². The minimum Gasteiger partial charge on any atom is -0.479 e. The summed E-state index contributed by atoms with van der Waals surface area (Å²) in [4.78, 5) is 25.3. The maximum absolute atomic E-state index is 13.3. The highest BCUT2D eigenvalue weighted by Gasteiger charge is 2.24. The SMILES string of the molecule is Cc1ccc(-c2nn(-c3ccccc3)cc2C(=O)Nc2ccc3c(c2)NC(=O)[C@H](C)O3)cc1. The molecular formula is C26H22N4O3. The van der Waals surface area contributed by atoms with Gasteiger partial charge in [0.05, 0.1) is 16.9 Å². The van der Waals surface area contributed by atoms with Crippen LogP contribution in [0.3, 0.4) is 0 Å². The van der Waals surface area contributed by atoms with E-state index in [-0.39, 0.29) is 11.8 Å². The van der Waals surface area contributed by atoms with Gasteiger partial charge in [0.2, 0.25) is 0 Å². The number of carbonyl (C=O) groups excluding carboxylic acids is 2. The number of aryl methyl sites for hydroxylation is 1. The van der Waals surface area contributed by atoms with Crippen LogP contribution >= 0.6 is 0 Å². The Morgan fingerprint density at radius 3 is 2.58 bits per heavy atom. The summed E-state index contributed by atoms with van der Waals surface area (Å²) in [6, 6.07) is 22.7. The number of para-hydroxylation sites is 1. The third-order valence-corrected chi connectivity index (χ3v) is 5.47. The third kappa shape index (κ3) is 4.08. The molecule has 0 fully saturated rings. The Bertz CT molecular complexity index is 1340. The maximum Gasteiger partial charge on any atom is 0.265 e. The number of aromatic nitrogens is 2. The molecule has 4 aromatic rings. The number of anilines is 2. The molecule has 0 radical (unpaired) electrons. The minimum atomic E-state index is -0.557. The molecule has 3 aromatic carbocycles. The fraction of sp³-hybridized carbons (Fsp3) is 0.115. The van der Waals surface area contributed by atoms with Crippen LogP contribution in [0.5, 0.6) is 5.75 Å². The predicted molar refractivity (Wildman–Crippen MR) is 127 cm³/mol. The first-order chi connectivity index (χ1) is 16.0. The molecule has 164 valence electrons. The summed E-state index contributed by atoms with van der Waals surface area (Å²) >= 11 is 0. The average molecular weight is 438 g/mol. The summed E-state index contributed by atoms with van der Waals surface area (Å²) in [7, 11) is 0. The standard InChI is InChI=1S/C26H22N4O3/c1-16-8-10-18(11-9-16)24-21(15-30(29-24)20-6-4-3-5-7-20)26(32)27-19-12-13-23-22(14-19)28-25(31)17(2)33-23/h3-15,17H,1-2H3,(H,27,32)(H,28,31)/t17-/m0/s1. The quantitative estimate of drug-likeness (QED) is 0.478. The average Bonchev–Trinajstić information content (AvgIpc) is 3.27. The Balaban J connectivity index is 1.49. The van der Waals surface area contributed by atoms with Gasteiger partial charge in [-0.2, -0.15) is 5.10 Å². The van der Waals surface area contributed by atoms with Crippen LogP contribution in [0.2, 0.25) is 0 Å². The second-order valence-electron chi connectivity index (χ2n) is 7.95. The highest BCUT2D eigenvalue weighted by atomic mass is 16.5. The first kappa shape index (κ1) is 20.5. The second kappa shape index (κ2) is 8.27. The monoisotopic (exact) mass is 438 g/mol. The number of hydrogen-bond donors (Lipinski definition) is 2. The Morgan fingerprint density at radius 2 is 1.82 bits per heavy atom. The predicted octanol–water partition coefficient (Wildman–Crippen LogP) is 4.82. The number of rotatable bonds is 4. The van der Waals surface area contributed by atoms with E-state index < -0.39 is 6.10 Å². The molecule has 1 atom stereocenters. The molecule has 7 nitrogen and oxygen atoms in total. The molecule has 0 bridgehead atoms. The number of fused-ring (bicyclic) bond motifs is 1. The molecule has 1 aromatic heterocycles. The molecule has 2 N–H and O–H groups in total. The summed E-state index contributed by atoms with van der Waals surface area (Å²) in [6.07, 6.45) is 1.17. The molecule has 0 unspecified atom stereocenters. The molecule has 0 spiro atoms. The number of nitrogens with one attached hydrogen (secondary N) is 2. The van der Waals surface area contributed by atoms with Crippen LogP contribution in [0.15, 0.2) is 79.0 Å². The van der Waals surface area contributed by atoms with Gasteiger partial charge < -0.3 is 15.4 Å². The van der Waals surface area contributed by atoms with E-state index in [4.69, 9.17) is 9.84 Å². The third-order valence-electron chi connectivity index (χ3n) is 5.47. The van der Waals surface area contributed by atoms with E-state index >= 15 is 0 Å². The van der Waals surface area contributed by atoms with Gasteiger partial charge in [0, 0.05) is 17.4 Å². The van der Waals surface area contributed by atoms with Crippen molar-refractivity contribution in [3.8, 4) is 22.7 Å². The highest BCUT2D eigenvalue weighted by Crippen LogP contribution is 2.33. The van der Waals surface area contributed by atoms with Crippen LogP contribution in [0.1, 0.15) is 22.8 Å². The van der Waals surface area contributed by atoms with Crippen molar-refractivity contribution in [3.63, 3.8) is 0 Å². The zero-order chi connectivity index (χ0) is 22.9. The number of carbonyl (C=O) groups is 2. The van der Waals surface area contributed by atoms with E-state index in [0.717, 1.165) is 16.8 Å². The zero-order valence-corrected chi connectivity index (χ0v) is 18.2. The number of ether oxygens (including phenoxy) is 1. The maximum atomic E-state index is 13.3. The van der Waals surface area contributed by atoms with Gasteiger partial charge in [-0.3, -0.25) is 9.59 Å². The summed E-state index contributed by atoms with van der Waals surface area (Å²) in [5.74, 6) is 0.0400. The normalized spacial score (nSPS) is 14.7. The lowest BCUT2D eigenvalue weighted by Gasteiger charge is -2.23. The van der Waals surface area contributed by atoms with Gasteiger partial charge in [-0.15, -0.1) is 0 Å². The summed E-state index contributed by atoms with van der Waals surface area (Å²) in [5.41, 5.74) is 4.91.